The Morgan fingerprint density at radius 1 is 1.43 bits per heavy atom. The number of piperidine rings is 1. The normalized spacial score (nSPS) is 19.0. The third kappa shape index (κ3) is 4.11. The van der Waals surface area contributed by atoms with E-state index in [4.69, 9.17) is 4.74 Å². The summed E-state index contributed by atoms with van der Waals surface area (Å²) in [4.78, 5) is 10.1. The van der Waals surface area contributed by atoms with E-state index in [-0.39, 0.29) is 34.8 Å². The molecule has 2 rings (SSSR count). The summed E-state index contributed by atoms with van der Waals surface area (Å²) in [6.45, 7) is 0.733. The molecule has 0 radical (unpaired) electrons. The van der Waals surface area contributed by atoms with Gasteiger partial charge in [0.2, 0.25) is 10.0 Å². The molecule has 0 bridgehead atoms. The monoisotopic (exact) mass is 365 g/mol. The Labute approximate surface area is 141 Å². The van der Waals surface area contributed by atoms with E-state index in [1.807, 2.05) is 0 Å². The van der Waals surface area contributed by atoms with E-state index in [1.165, 1.54) is 23.5 Å². The Balaban J connectivity index is 0.00000264. The molecule has 0 amide bonds. The summed E-state index contributed by atoms with van der Waals surface area (Å²) in [5, 5.41) is 14.0. The first kappa shape index (κ1) is 19.6. The molecule has 1 N–H and O–H groups in total. The Kier molecular flexibility index (Phi) is 6.75. The van der Waals surface area contributed by atoms with Gasteiger partial charge >= 0.3 is 0 Å². The van der Waals surface area contributed by atoms with E-state index in [1.54, 1.807) is 7.05 Å². The molecule has 1 atom stereocenters. The molecule has 0 saturated carbocycles. The smallest absolute Gasteiger partial charge is 0.271 e. The number of rotatable bonds is 5. The molecular formula is C13H20ClN3O5S. The Morgan fingerprint density at radius 2 is 2.13 bits per heavy atom. The van der Waals surface area contributed by atoms with E-state index in [0.717, 1.165) is 18.9 Å². The third-order valence-corrected chi connectivity index (χ3v) is 5.65. The van der Waals surface area contributed by atoms with E-state index in [9.17, 15) is 18.5 Å². The van der Waals surface area contributed by atoms with Crippen molar-refractivity contribution in [1.29, 1.82) is 0 Å². The van der Waals surface area contributed by atoms with Gasteiger partial charge in [0.1, 0.15) is 10.6 Å². The van der Waals surface area contributed by atoms with Crippen molar-refractivity contribution < 1.29 is 18.1 Å². The standard InChI is InChI=1S/C13H19N3O5S.ClH/c1-14-10-4-3-7-15(9-10)22(19,20)13-8-11(16(17)18)5-6-12(13)21-2;/h5-6,8,10,14H,3-4,7,9H2,1-2H3;1H. The third-order valence-electron chi connectivity index (χ3n) is 3.77. The summed E-state index contributed by atoms with van der Waals surface area (Å²) in [5.74, 6) is 0.109. The largest absolute Gasteiger partial charge is 0.495 e. The van der Waals surface area contributed by atoms with E-state index in [2.05, 4.69) is 5.32 Å². The fourth-order valence-electron chi connectivity index (χ4n) is 2.52. The van der Waals surface area contributed by atoms with Crippen molar-refractivity contribution in [1.82, 2.24) is 9.62 Å². The SMILES string of the molecule is CNC1CCCN(S(=O)(=O)c2cc([N+](=O)[O-])ccc2OC)C1.Cl. The molecule has 1 aromatic carbocycles. The molecule has 0 spiro atoms. The van der Waals surface area contributed by atoms with Crippen LogP contribution in [0.4, 0.5) is 5.69 Å². The van der Waals surface area contributed by atoms with Gasteiger partial charge < -0.3 is 10.1 Å². The van der Waals surface area contributed by atoms with Crippen LogP contribution >= 0.6 is 12.4 Å². The summed E-state index contributed by atoms with van der Waals surface area (Å²) < 4.78 is 32.0. The highest BCUT2D eigenvalue weighted by Crippen LogP contribution is 2.31. The number of nitrogens with zero attached hydrogens (tertiary/aromatic N) is 2. The zero-order valence-corrected chi connectivity index (χ0v) is 14.5. The second-order valence-corrected chi connectivity index (χ2v) is 6.99. The minimum absolute atomic E-state index is 0. The van der Waals surface area contributed by atoms with Gasteiger partial charge in [0, 0.05) is 31.3 Å². The summed E-state index contributed by atoms with van der Waals surface area (Å²) in [7, 11) is -0.713. The minimum Gasteiger partial charge on any atom is -0.495 e. The highest BCUT2D eigenvalue weighted by molar-refractivity contribution is 7.89. The van der Waals surface area contributed by atoms with Gasteiger partial charge in [0.15, 0.2) is 0 Å². The number of nitrogens with one attached hydrogen (secondary N) is 1. The highest BCUT2D eigenvalue weighted by Gasteiger charge is 2.33. The van der Waals surface area contributed by atoms with Crippen LogP contribution in [-0.2, 0) is 10.0 Å². The summed E-state index contributed by atoms with van der Waals surface area (Å²) in [5.41, 5.74) is -0.276. The van der Waals surface area contributed by atoms with Crippen molar-refractivity contribution in [3.05, 3.63) is 28.3 Å². The average Bonchev–Trinajstić information content (AvgIpc) is 2.54. The molecule has 1 aliphatic rings. The van der Waals surface area contributed by atoms with Gasteiger partial charge in [-0.15, -0.1) is 12.4 Å². The number of hydrogen-bond acceptors (Lipinski definition) is 6. The van der Waals surface area contributed by atoms with Crippen LogP contribution in [0.1, 0.15) is 12.8 Å². The average molecular weight is 366 g/mol. The number of ether oxygens (including phenoxy) is 1. The van der Waals surface area contributed by atoms with Crippen molar-refractivity contribution in [2.45, 2.75) is 23.8 Å². The molecule has 1 aromatic rings. The maximum absolute atomic E-state index is 12.8. The zero-order chi connectivity index (χ0) is 16.3. The number of halogens is 1. The van der Waals surface area contributed by atoms with Crippen molar-refractivity contribution in [2.24, 2.45) is 0 Å². The van der Waals surface area contributed by atoms with Crippen LogP contribution in [0.2, 0.25) is 0 Å². The molecule has 23 heavy (non-hydrogen) atoms. The van der Waals surface area contributed by atoms with Crippen LogP contribution in [0.3, 0.4) is 0 Å². The summed E-state index contributed by atoms with van der Waals surface area (Å²) >= 11 is 0. The van der Waals surface area contributed by atoms with Gasteiger partial charge in [0.25, 0.3) is 5.69 Å². The number of benzene rings is 1. The van der Waals surface area contributed by atoms with Gasteiger partial charge in [-0.3, -0.25) is 10.1 Å². The molecule has 10 heteroatoms. The molecule has 0 aliphatic carbocycles. The molecule has 1 heterocycles. The van der Waals surface area contributed by atoms with Gasteiger partial charge in [-0.2, -0.15) is 4.31 Å². The molecule has 0 aromatic heterocycles. The van der Waals surface area contributed by atoms with Crippen LogP contribution in [0.25, 0.3) is 0 Å². The minimum atomic E-state index is -3.84. The summed E-state index contributed by atoms with van der Waals surface area (Å²) in [6, 6.07) is 3.67. The number of sulfonamides is 1. The first-order valence-corrected chi connectivity index (χ1v) is 8.34. The molecule has 8 nitrogen and oxygen atoms in total. The second kappa shape index (κ2) is 7.91. The number of hydrogen-bond donors (Lipinski definition) is 1. The lowest BCUT2D eigenvalue weighted by Crippen LogP contribution is -2.46. The van der Waals surface area contributed by atoms with Gasteiger partial charge in [-0.1, -0.05) is 0 Å². The van der Waals surface area contributed by atoms with E-state index in [0.29, 0.717) is 13.1 Å². The first-order valence-electron chi connectivity index (χ1n) is 6.90. The van der Waals surface area contributed by atoms with Gasteiger partial charge in [-0.05, 0) is 26.0 Å². The van der Waals surface area contributed by atoms with Crippen molar-refractivity contribution in [3.8, 4) is 5.75 Å². The second-order valence-electron chi connectivity index (χ2n) is 5.08. The Bertz CT molecular complexity index is 668. The highest BCUT2D eigenvalue weighted by atomic mass is 35.5. The quantitative estimate of drug-likeness (QED) is 0.625. The van der Waals surface area contributed by atoms with Crippen LogP contribution in [0, 0.1) is 10.1 Å². The van der Waals surface area contributed by atoms with Crippen molar-refractivity contribution in [2.75, 3.05) is 27.2 Å². The summed E-state index contributed by atoms with van der Waals surface area (Å²) in [6.07, 6.45) is 1.64. The maximum Gasteiger partial charge on any atom is 0.271 e. The molecular weight excluding hydrogens is 346 g/mol. The van der Waals surface area contributed by atoms with Crippen molar-refractivity contribution >= 4 is 28.1 Å². The lowest BCUT2D eigenvalue weighted by Gasteiger charge is -2.31. The van der Waals surface area contributed by atoms with Crippen LogP contribution < -0.4 is 10.1 Å². The lowest BCUT2D eigenvalue weighted by molar-refractivity contribution is -0.385. The molecule has 1 unspecified atom stereocenters. The molecule has 1 fully saturated rings. The van der Waals surface area contributed by atoms with Gasteiger partial charge in [0.05, 0.1) is 12.0 Å². The topological polar surface area (TPSA) is 102 Å². The van der Waals surface area contributed by atoms with Crippen LogP contribution in [-0.4, -0.2) is 50.9 Å². The maximum atomic E-state index is 12.8. The fourth-order valence-corrected chi connectivity index (χ4v) is 4.22. The number of non-ortho nitro benzene ring substituents is 1. The zero-order valence-electron chi connectivity index (χ0n) is 12.9. The number of likely N-dealkylation sites (N-methyl/N-ethyl adjacent to an activating group) is 1. The molecule has 1 saturated heterocycles. The van der Waals surface area contributed by atoms with Crippen LogP contribution in [0.5, 0.6) is 5.75 Å². The van der Waals surface area contributed by atoms with E-state index >= 15 is 0 Å². The fraction of sp³-hybridized carbons (Fsp3) is 0.538. The predicted octanol–water partition coefficient (Wildman–Crippen LogP) is 1.40. The van der Waals surface area contributed by atoms with Gasteiger partial charge in [-0.25, -0.2) is 8.42 Å². The molecule has 1 aliphatic heterocycles. The van der Waals surface area contributed by atoms with E-state index < -0.39 is 14.9 Å². The Hall–Kier alpha value is -1.42. The number of nitro groups is 1. The number of nitro benzene ring substituents is 1. The molecule has 130 valence electrons. The lowest BCUT2D eigenvalue weighted by atomic mass is 10.1. The first-order chi connectivity index (χ1) is 10.4. The number of methoxy groups -OCH3 is 1. The van der Waals surface area contributed by atoms with Crippen LogP contribution in [0.15, 0.2) is 23.1 Å². The Morgan fingerprint density at radius 3 is 2.70 bits per heavy atom. The van der Waals surface area contributed by atoms with Crippen molar-refractivity contribution in [3.63, 3.8) is 0 Å². The predicted molar refractivity (Wildman–Crippen MR) is 87.7 cm³/mol.